The summed E-state index contributed by atoms with van der Waals surface area (Å²) < 4.78 is 4.54. The zero-order chi connectivity index (χ0) is 7.56. The van der Waals surface area contributed by atoms with Crippen LogP contribution in [0.3, 0.4) is 0 Å². The molecule has 1 aliphatic rings. The number of hydrogen-bond donors (Lipinski definition) is 1. The first-order valence-electron chi connectivity index (χ1n) is 3.26. The lowest BCUT2D eigenvalue weighted by Gasteiger charge is -2.04. The number of nitrogens with two attached hydrogens (primary N) is 1. The van der Waals surface area contributed by atoms with E-state index in [1.807, 2.05) is 6.08 Å². The van der Waals surface area contributed by atoms with E-state index in [1.165, 1.54) is 7.11 Å². The zero-order valence-corrected chi connectivity index (χ0v) is 5.91. The van der Waals surface area contributed by atoms with E-state index in [0.717, 1.165) is 0 Å². The average molecular weight is 141 g/mol. The molecule has 1 unspecified atom stereocenters. The van der Waals surface area contributed by atoms with Crippen LogP contribution < -0.4 is 5.73 Å². The van der Waals surface area contributed by atoms with Crippen molar-refractivity contribution in [2.45, 2.75) is 12.5 Å². The van der Waals surface area contributed by atoms with E-state index in [2.05, 4.69) is 4.74 Å². The number of rotatable bonds is 1. The quantitative estimate of drug-likeness (QED) is 0.415. The molecule has 0 aromatic heterocycles. The van der Waals surface area contributed by atoms with E-state index in [1.54, 1.807) is 6.08 Å². The van der Waals surface area contributed by atoms with Crippen LogP contribution in [0.1, 0.15) is 6.42 Å². The van der Waals surface area contributed by atoms with Crippen molar-refractivity contribution in [3.05, 3.63) is 12.2 Å². The van der Waals surface area contributed by atoms with E-state index < -0.39 is 0 Å². The van der Waals surface area contributed by atoms with Gasteiger partial charge in [-0.15, -0.1) is 0 Å². The Labute approximate surface area is 59.8 Å². The Morgan fingerprint density at radius 2 is 2.40 bits per heavy atom. The van der Waals surface area contributed by atoms with E-state index in [4.69, 9.17) is 5.73 Å². The van der Waals surface area contributed by atoms with Crippen LogP contribution >= 0.6 is 0 Å². The Hall–Kier alpha value is -0.830. The molecular formula is C7H11NO2. The maximum Gasteiger partial charge on any atom is 0.312 e. The smallest absolute Gasteiger partial charge is 0.312 e. The molecule has 0 radical (unpaired) electrons. The van der Waals surface area contributed by atoms with Crippen LogP contribution in [0.25, 0.3) is 0 Å². The number of esters is 1. The van der Waals surface area contributed by atoms with Gasteiger partial charge in [-0.1, -0.05) is 12.2 Å². The minimum Gasteiger partial charge on any atom is -0.469 e. The van der Waals surface area contributed by atoms with Gasteiger partial charge < -0.3 is 10.5 Å². The maximum atomic E-state index is 10.8. The van der Waals surface area contributed by atoms with Crippen molar-refractivity contribution in [3.63, 3.8) is 0 Å². The highest BCUT2D eigenvalue weighted by Crippen LogP contribution is 2.16. The third-order valence-corrected chi connectivity index (χ3v) is 1.62. The number of methoxy groups -OCH3 is 1. The molecule has 0 fully saturated rings. The fourth-order valence-corrected chi connectivity index (χ4v) is 1.05. The molecule has 56 valence electrons. The zero-order valence-electron chi connectivity index (χ0n) is 5.91. The fraction of sp³-hybridized carbons (Fsp3) is 0.571. The molecule has 0 aliphatic heterocycles. The molecule has 1 aliphatic carbocycles. The molecule has 0 heterocycles. The first-order valence-corrected chi connectivity index (χ1v) is 3.26. The van der Waals surface area contributed by atoms with E-state index in [9.17, 15) is 4.79 Å². The Bertz CT molecular complexity index is 165. The van der Waals surface area contributed by atoms with Gasteiger partial charge in [-0.3, -0.25) is 4.79 Å². The molecule has 2 atom stereocenters. The monoisotopic (exact) mass is 141 g/mol. The van der Waals surface area contributed by atoms with Gasteiger partial charge in [-0.25, -0.2) is 0 Å². The van der Waals surface area contributed by atoms with Crippen molar-refractivity contribution >= 4 is 5.97 Å². The van der Waals surface area contributed by atoms with Crippen molar-refractivity contribution in [1.29, 1.82) is 0 Å². The minimum absolute atomic E-state index is 0.0316. The van der Waals surface area contributed by atoms with Crippen molar-refractivity contribution in [1.82, 2.24) is 0 Å². The molecule has 1 rings (SSSR count). The third kappa shape index (κ3) is 1.36. The second-order valence-electron chi connectivity index (χ2n) is 2.41. The highest BCUT2D eigenvalue weighted by atomic mass is 16.5. The van der Waals surface area contributed by atoms with Crippen molar-refractivity contribution in [2.75, 3.05) is 7.11 Å². The van der Waals surface area contributed by atoms with Crippen LogP contribution in [0.5, 0.6) is 0 Å². The Morgan fingerprint density at radius 3 is 2.80 bits per heavy atom. The van der Waals surface area contributed by atoms with Gasteiger partial charge in [0.1, 0.15) is 0 Å². The highest BCUT2D eigenvalue weighted by Gasteiger charge is 2.22. The predicted octanol–water partition coefficient (Wildman–Crippen LogP) is 0.0628. The molecular weight excluding hydrogens is 130 g/mol. The van der Waals surface area contributed by atoms with Crippen LogP contribution in [0.4, 0.5) is 0 Å². The summed E-state index contributed by atoms with van der Waals surface area (Å²) in [6.07, 6.45) is 4.32. The van der Waals surface area contributed by atoms with Crippen molar-refractivity contribution in [2.24, 2.45) is 11.7 Å². The van der Waals surface area contributed by atoms with Crippen LogP contribution in [0.2, 0.25) is 0 Å². The van der Waals surface area contributed by atoms with Crippen LogP contribution in [0.15, 0.2) is 12.2 Å². The van der Waals surface area contributed by atoms with Crippen molar-refractivity contribution < 1.29 is 9.53 Å². The second kappa shape index (κ2) is 2.84. The van der Waals surface area contributed by atoms with Gasteiger partial charge >= 0.3 is 5.97 Å². The fourth-order valence-electron chi connectivity index (χ4n) is 1.05. The number of hydrogen-bond acceptors (Lipinski definition) is 3. The summed E-state index contributed by atoms with van der Waals surface area (Å²) in [4.78, 5) is 10.8. The molecule has 3 heteroatoms. The van der Waals surface area contributed by atoms with Crippen molar-refractivity contribution in [3.8, 4) is 0 Å². The van der Waals surface area contributed by atoms with E-state index in [-0.39, 0.29) is 17.9 Å². The maximum absolute atomic E-state index is 10.8. The SMILES string of the molecule is COC(=O)[C@@H]1C=CC(N)C1. The lowest BCUT2D eigenvalue weighted by atomic mass is 10.1. The van der Waals surface area contributed by atoms with E-state index in [0.29, 0.717) is 6.42 Å². The predicted molar refractivity (Wildman–Crippen MR) is 37.2 cm³/mol. The van der Waals surface area contributed by atoms with Gasteiger partial charge in [-0.05, 0) is 6.42 Å². The molecule has 10 heavy (non-hydrogen) atoms. The lowest BCUT2D eigenvalue weighted by Crippen LogP contribution is -2.19. The molecule has 0 aromatic carbocycles. The molecule has 0 saturated heterocycles. The topological polar surface area (TPSA) is 52.3 Å². The summed E-state index contributed by atoms with van der Waals surface area (Å²) in [5.41, 5.74) is 5.52. The van der Waals surface area contributed by atoms with Crippen LogP contribution in [-0.2, 0) is 9.53 Å². The molecule has 0 amide bonds. The third-order valence-electron chi connectivity index (χ3n) is 1.62. The summed E-state index contributed by atoms with van der Waals surface area (Å²) in [6, 6.07) is 0.0316. The summed E-state index contributed by atoms with van der Waals surface area (Å²) in [7, 11) is 1.39. The highest BCUT2D eigenvalue weighted by molar-refractivity contribution is 5.75. The first-order chi connectivity index (χ1) is 4.74. The first kappa shape index (κ1) is 7.28. The Kier molecular flexibility index (Phi) is 2.06. The van der Waals surface area contributed by atoms with Gasteiger partial charge in [0.15, 0.2) is 0 Å². The van der Waals surface area contributed by atoms with Gasteiger partial charge in [0.05, 0.1) is 13.0 Å². The largest absolute Gasteiger partial charge is 0.469 e. The number of carbonyl (C=O) groups is 1. The summed E-state index contributed by atoms with van der Waals surface area (Å²) >= 11 is 0. The molecule has 2 N–H and O–H groups in total. The number of ether oxygens (including phenoxy) is 1. The molecule has 0 saturated carbocycles. The number of carbonyl (C=O) groups excluding carboxylic acids is 1. The molecule has 0 aromatic rings. The van der Waals surface area contributed by atoms with E-state index >= 15 is 0 Å². The second-order valence-corrected chi connectivity index (χ2v) is 2.41. The summed E-state index contributed by atoms with van der Waals surface area (Å²) in [6.45, 7) is 0. The van der Waals surface area contributed by atoms with Gasteiger partial charge in [0.25, 0.3) is 0 Å². The normalized spacial score (nSPS) is 30.6. The molecule has 0 spiro atoms. The molecule has 0 bridgehead atoms. The standard InChI is InChI=1S/C7H11NO2/c1-10-7(9)5-2-3-6(8)4-5/h2-3,5-6H,4,8H2,1H3/t5-,6?/m1/s1. The minimum atomic E-state index is -0.191. The Morgan fingerprint density at radius 1 is 1.70 bits per heavy atom. The summed E-state index contributed by atoms with van der Waals surface area (Å²) in [5, 5.41) is 0. The average Bonchev–Trinajstić information content (AvgIpc) is 2.34. The van der Waals surface area contributed by atoms with Crippen LogP contribution in [-0.4, -0.2) is 19.1 Å². The van der Waals surface area contributed by atoms with Crippen LogP contribution in [0, 0.1) is 5.92 Å². The Balaban J connectivity index is 2.46. The lowest BCUT2D eigenvalue weighted by molar-refractivity contribution is -0.143. The summed E-state index contributed by atoms with van der Waals surface area (Å²) in [5.74, 6) is -0.302. The van der Waals surface area contributed by atoms with Gasteiger partial charge in [0.2, 0.25) is 0 Å². The van der Waals surface area contributed by atoms with Gasteiger partial charge in [-0.2, -0.15) is 0 Å². The molecule has 3 nitrogen and oxygen atoms in total. The van der Waals surface area contributed by atoms with Gasteiger partial charge in [0, 0.05) is 6.04 Å².